The van der Waals surface area contributed by atoms with Crippen LogP contribution in [-0.2, 0) is 12.8 Å². The minimum Gasteiger partial charge on any atom is -0.335 e. The third kappa shape index (κ3) is 2.22. The molecule has 0 unspecified atom stereocenters. The number of rotatable bonds is 2. The summed E-state index contributed by atoms with van der Waals surface area (Å²) in [6, 6.07) is 10.1. The Bertz CT molecular complexity index is 686. The Balaban J connectivity index is 1.73. The van der Waals surface area contributed by atoms with Crippen LogP contribution >= 0.6 is 0 Å². The van der Waals surface area contributed by atoms with Gasteiger partial charge in [-0.05, 0) is 31.4 Å². The quantitative estimate of drug-likeness (QED) is 0.911. The SMILES string of the molecule is O=C(c1nn(-c2ccccc2)c2c1CCC2)N1CCNCC1. The number of nitrogens with one attached hydrogen (secondary N) is 1. The van der Waals surface area contributed by atoms with E-state index in [9.17, 15) is 4.79 Å². The summed E-state index contributed by atoms with van der Waals surface area (Å²) in [5.41, 5.74) is 4.08. The van der Waals surface area contributed by atoms with E-state index in [-0.39, 0.29) is 5.91 Å². The summed E-state index contributed by atoms with van der Waals surface area (Å²) in [6.07, 6.45) is 3.09. The van der Waals surface area contributed by atoms with E-state index in [2.05, 4.69) is 10.4 Å². The van der Waals surface area contributed by atoms with Gasteiger partial charge in [-0.2, -0.15) is 5.10 Å². The van der Waals surface area contributed by atoms with Crippen molar-refractivity contribution in [2.24, 2.45) is 0 Å². The monoisotopic (exact) mass is 296 g/mol. The number of nitrogens with zero attached hydrogens (tertiary/aromatic N) is 3. The molecule has 0 radical (unpaired) electrons. The van der Waals surface area contributed by atoms with Crippen LogP contribution in [0, 0.1) is 0 Å². The molecule has 22 heavy (non-hydrogen) atoms. The molecule has 0 atom stereocenters. The standard InChI is InChI=1S/C17H20N4O/c22-17(20-11-9-18-10-12-20)16-14-7-4-8-15(14)21(19-16)13-5-2-1-3-6-13/h1-3,5-6,18H,4,7-12H2. The third-order valence-electron chi connectivity index (χ3n) is 4.54. The maximum Gasteiger partial charge on any atom is 0.274 e. The molecule has 1 aliphatic heterocycles. The lowest BCUT2D eigenvalue weighted by Gasteiger charge is -2.26. The molecule has 0 saturated carbocycles. The third-order valence-corrected chi connectivity index (χ3v) is 4.54. The topological polar surface area (TPSA) is 50.2 Å². The van der Waals surface area contributed by atoms with Crippen molar-refractivity contribution >= 4 is 5.91 Å². The fraction of sp³-hybridized carbons (Fsp3) is 0.412. The predicted octanol–water partition coefficient (Wildman–Crippen LogP) is 1.41. The van der Waals surface area contributed by atoms with Gasteiger partial charge in [0, 0.05) is 37.4 Å². The summed E-state index contributed by atoms with van der Waals surface area (Å²) in [5.74, 6) is 0.0920. The highest BCUT2D eigenvalue weighted by atomic mass is 16.2. The van der Waals surface area contributed by atoms with Crippen molar-refractivity contribution in [3.05, 3.63) is 47.3 Å². The van der Waals surface area contributed by atoms with Crippen LogP contribution in [0.2, 0.25) is 0 Å². The van der Waals surface area contributed by atoms with E-state index in [1.807, 2.05) is 39.9 Å². The normalized spacial score (nSPS) is 17.5. The number of carbonyl (C=O) groups excluding carboxylic acids is 1. The summed E-state index contributed by atoms with van der Waals surface area (Å²) in [6.45, 7) is 3.28. The number of piperazine rings is 1. The zero-order valence-corrected chi connectivity index (χ0v) is 12.6. The molecule has 1 aliphatic carbocycles. The van der Waals surface area contributed by atoms with Crippen molar-refractivity contribution in [1.29, 1.82) is 0 Å². The van der Waals surface area contributed by atoms with Gasteiger partial charge in [0.05, 0.1) is 5.69 Å². The first-order valence-electron chi connectivity index (χ1n) is 8.01. The average molecular weight is 296 g/mol. The molecule has 1 aromatic heterocycles. The molecule has 0 spiro atoms. The smallest absolute Gasteiger partial charge is 0.274 e. The molecule has 5 heteroatoms. The van der Waals surface area contributed by atoms with E-state index in [0.717, 1.165) is 56.7 Å². The highest BCUT2D eigenvalue weighted by Gasteiger charge is 2.29. The van der Waals surface area contributed by atoms with Crippen LogP contribution in [-0.4, -0.2) is 46.8 Å². The molecule has 2 heterocycles. The first kappa shape index (κ1) is 13.5. The van der Waals surface area contributed by atoms with E-state index < -0.39 is 0 Å². The fourth-order valence-electron chi connectivity index (χ4n) is 3.41. The summed E-state index contributed by atoms with van der Waals surface area (Å²) in [4.78, 5) is 14.7. The first-order chi connectivity index (χ1) is 10.8. The molecule has 2 aliphatic rings. The largest absolute Gasteiger partial charge is 0.335 e. The van der Waals surface area contributed by atoms with Crippen LogP contribution in [0.1, 0.15) is 28.2 Å². The second-order valence-corrected chi connectivity index (χ2v) is 5.92. The van der Waals surface area contributed by atoms with Gasteiger partial charge >= 0.3 is 0 Å². The fourth-order valence-corrected chi connectivity index (χ4v) is 3.41. The Morgan fingerprint density at radius 1 is 1.09 bits per heavy atom. The van der Waals surface area contributed by atoms with E-state index in [0.29, 0.717) is 5.69 Å². The zero-order valence-electron chi connectivity index (χ0n) is 12.6. The lowest BCUT2D eigenvalue weighted by Crippen LogP contribution is -2.46. The number of benzene rings is 1. The maximum absolute atomic E-state index is 12.8. The second-order valence-electron chi connectivity index (χ2n) is 5.92. The molecular formula is C17H20N4O. The molecule has 0 bridgehead atoms. The molecule has 5 nitrogen and oxygen atoms in total. The predicted molar refractivity (Wildman–Crippen MR) is 84.4 cm³/mol. The van der Waals surface area contributed by atoms with Crippen molar-refractivity contribution in [3.8, 4) is 5.69 Å². The Kier molecular flexibility index (Phi) is 3.42. The van der Waals surface area contributed by atoms with E-state index in [1.165, 1.54) is 5.69 Å². The van der Waals surface area contributed by atoms with Crippen LogP contribution in [0.3, 0.4) is 0 Å². The van der Waals surface area contributed by atoms with E-state index in [1.54, 1.807) is 0 Å². The van der Waals surface area contributed by atoms with Crippen molar-refractivity contribution in [2.45, 2.75) is 19.3 Å². The molecule has 1 fully saturated rings. The maximum atomic E-state index is 12.8. The van der Waals surface area contributed by atoms with Gasteiger partial charge in [-0.1, -0.05) is 18.2 Å². The molecule has 1 N–H and O–H groups in total. The Morgan fingerprint density at radius 3 is 2.64 bits per heavy atom. The Labute approximate surface area is 129 Å². The van der Waals surface area contributed by atoms with Gasteiger partial charge in [-0.15, -0.1) is 0 Å². The lowest BCUT2D eigenvalue weighted by molar-refractivity contribution is 0.0728. The van der Waals surface area contributed by atoms with Crippen LogP contribution < -0.4 is 5.32 Å². The molecule has 4 rings (SSSR count). The first-order valence-corrected chi connectivity index (χ1v) is 8.01. The van der Waals surface area contributed by atoms with Crippen LogP contribution in [0.4, 0.5) is 0 Å². The number of para-hydroxylation sites is 1. The number of hydrogen-bond acceptors (Lipinski definition) is 3. The van der Waals surface area contributed by atoms with E-state index >= 15 is 0 Å². The van der Waals surface area contributed by atoms with Gasteiger partial charge in [0.2, 0.25) is 0 Å². The minimum absolute atomic E-state index is 0.0920. The molecule has 1 amide bonds. The molecular weight excluding hydrogens is 276 g/mol. The van der Waals surface area contributed by atoms with Gasteiger partial charge < -0.3 is 10.2 Å². The van der Waals surface area contributed by atoms with Gasteiger partial charge in [0.1, 0.15) is 0 Å². The van der Waals surface area contributed by atoms with Crippen molar-refractivity contribution < 1.29 is 4.79 Å². The zero-order chi connectivity index (χ0) is 14.9. The number of aromatic nitrogens is 2. The lowest BCUT2D eigenvalue weighted by atomic mass is 10.1. The number of carbonyl (C=O) groups is 1. The minimum atomic E-state index is 0.0920. The van der Waals surface area contributed by atoms with Gasteiger partial charge in [0.15, 0.2) is 5.69 Å². The molecule has 1 aromatic carbocycles. The van der Waals surface area contributed by atoms with Gasteiger partial charge in [-0.3, -0.25) is 4.79 Å². The van der Waals surface area contributed by atoms with Crippen LogP contribution in [0.15, 0.2) is 30.3 Å². The van der Waals surface area contributed by atoms with Gasteiger partial charge in [-0.25, -0.2) is 4.68 Å². The van der Waals surface area contributed by atoms with Crippen LogP contribution in [0.25, 0.3) is 5.69 Å². The molecule has 1 saturated heterocycles. The van der Waals surface area contributed by atoms with Crippen molar-refractivity contribution in [1.82, 2.24) is 20.0 Å². The second kappa shape index (κ2) is 5.57. The highest BCUT2D eigenvalue weighted by Crippen LogP contribution is 2.28. The summed E-state index contributed by atoms with van der Waals surface area (Å²) in [7, 11) is 0. The number of hydrogen-bond donors (Lipinski definition) is 1. The van der Waals surface area contributed by atoms with Crippen molar-refractivity contribution in [2.75, 3.05) is 26.2 Å². The summed E-state index contributed by atoms with van der Waals surface area (Å²) < 4.78 is 1.97. The van der Waals surface area contributed by atoms with Crippen molar-refractivity contribution in [3.63, 3.8) is 0 Å². The summed E-state index contributed by atoms with van der Waals surface area (Å²) in [5, 5.41) is 7.97. The summed E-state index contributed by atoms with van der Waals surface area (Å²) >= 11 is 0. The molecule has 2 aromatic rings. The average Bonchev–Trinajstić information content (AvgIpc) is 3.18. The Morgan fingerprint density at radius 2 is 1.86 bits per heavy atom. The number of amides is 1. The highest BCUT2D eigenvalue weighted by molar-refractivity contribution is 5.94. The van der Waals surface area contributed by atoms with E-state index in [4.69, 9.17) is 0 Å². The number of fused-ring (bicyclic) bond motifs is 1. The van der Waals surface area contributed by atoms with Gasteiger partial charge in [0.25, 0.3) is 5.91 Å². The Hall–Kier alpha value is -2.14. The molecule has 114 valence electrons. The van der Waals surface area contributed by atoms with Crippen LogP contribution in [0.5, 0.6) is 0 Å².